The van der Waals surface area contributed by atoms with Gasteiger partial charge in [-0.1, -0.05) is 29.2 Å². The van der Waals surface area contributed by atoms with Crippen molar-refractivity contribution >= 4 is 39.8 Å². The van der Waals surface area contributed by atoms with E-state index in [-0.39, 0.29) is 11.7 Å². The van der Waals surface area contributed by atoms with Gasteiger partial charge in [-0.25, -0.2) is 0 Å². The predicted molar refractivity (Wildman–Crippen MR) is 95.7 cm³/mol. The van der Waals surface area contributed by atoms with Gasteiger partial charge in [0.25, 0.3) is 0 Å². The van der Waals surface area contributed by atoms with Gasteiger partial charge in [-0.3, -0.25) is 4.79 Å². The van der Waals surface area contributed by atoms with E-state index >= 15 is 0 Å². The average Bonchev–Trinajstić information content (AvgIpc) is 3.00. The Bertz CT molecular complexity index is 750. The summed E-state index contributed by atoms with van der Waals surface area (Å²) < 4.78 is 40.8. The summed E-state index contributed by atoms with van der Waals surface area (Å²) in [5.74, 6) is -0.665. The highest BCUT2D eigenvalue weighted by Crippen LogP contribution is 2.29. The molecular weight excluding hydrogens is 389 g/mol. The lowest BCUT2D eigenvalue weighted by atomic mass is 10.3. The van der Waals surface area contributed by atoms with Gasteiger partial charge in [-0.2, -0.15) is 0 Å². The van der Waals surface area contributed by atoms with E-state index in [2.05, 4.69) is 32.1 Å². The van der Waals surface area contributed by atoms with Gasteiger partial charge in [0.15, 0.2) is 4.34 Å². The number of aromatic nitrogens is 2. The predicted octanol–water partition coefficient (Wildman–Crippen LogP) is 4.15. The van der Waals surface area contributed by atoms with Crippen LogP contribution in [-0.4, -0.2) is 34.3 Å². The Morgan fingerprint density at radius 1 is 1.38 bits per heavy atom. The van der Waals surface area contributed by atoms with Crippen molar-refractivity contribution < 1.29 is 22.7 Å². The van der Waals surface area contributed by atoms with E-state index in [1.165, 1.54) is 35.2 Å². The molecule has 1 aromatic heterocycles. The minimum atomic E-state index is -4.75. The summed E-state index contributed by atoms with van der Waals surface area (Å²) in [6.07, 6.45) is -3.06. The van der Waals surface area contributed by atoms with E-state index in [0.29, 0.717) is 21.7 Å². The third kappa shape index (κ3) is 6.56. The van der Waals surface area contributed by atoms with Crippen LogP contribution in [-0.2, 0) is 4.79 Å². The molecule has 2 N–H and O–H groups in total. The Morgan fingerprint density at radius 2 is 2.08 bits per heavy atom. The van der Waals surface area contributed by atoms with Crippen LogP contribution in [0.2, 0.25) is 0 Å². The Balaban J connectivity index is 1.88. The van der Waals surface area contributed by atoms with Crippen molar-refractivity contribution in [2.75, 3.05) is 17.2 Å². The molecule has 1 atom stereocenters. The van der Waals surface area contributed by atoms with Crippen LogP contribution < -0.4 is 15.4 Å². The molecule has 1 heterocycles. The van der Waals surface area contributed by atoms with E-state index in [4.69, 9.17) is 0 Å². The minimum Gasteiger partial charge on any atom is -0.406 e. The Hall–Kier alpha value is -2.27. The van der Waals surface area contributed by atoms with Gasteiger partial charge in [0, 0.05) is 12.2 Å². The van der Waals surface area contributed by atoms with Gasteiger partial charge in [0.2, 0.25) is 11.0 Å². The fourth-order valence-corrected chi connectivity index (χ4v) is 3.58. The van der Waals surface area contributed by atoms with Gasteiger partial charge in [0.05, 0.1) is 5.25 Å². The summed E-state index contributed by atoms with van der Waals surface area (Å²) in [5, 5.41) is 13.7. The topological polar surface area (TPSA) is 76.1 Å². The number of nitrogens with zero attached hydrogens (tertiary/aromatic N) is 2. The van der Waals surface area contributed by atoms with Gasteiger partial charge in [0.1, 0.15) is 5.75 Å². The van der Waals surface area contributed by atoms with Crippen LogP contribution in [0, 0.1) is 0 Å². The molecule has 0 spiro atoms. The van der Waals surface area contributed by atoms with Crippen molar-refractivity contribution in [2.45, 2.75) is 22.9 Å². The number of halogens is 3. The third-order valence-corrected chi connectivity index (χ3v) is 4.87. The zero-order valence-corrected chi connectivity index (χ0v) is 15.2. The zero-order valence-electron chi connectivity index (χ0n) is 13.5. The largest absolute Gasteiger partial charge is 0.573 e. The Morgan fingerprint density at radius 3 is 2.69 bits per heavy atom. The summed E-state index contributed by atoms with van der Waals surface area (Å²) in [6.45, 7) is 5.84. The highest BCUT2D eigenvalue weighted by molar-refractivity contribution is 8.02. The summed E-state index contributed by atoms with van der Waals surface area (Å²) in [7, 11) is 0. The van der Waals surface area contributed by atoms with Crippen molar-refractivity contribution in [1.82, 2.24) is 10.2 Å². The summed E-state index contributed by atoms with van der Waals surface area (Å²) >= 11 is 2.54. The molecule has 0 aliphatic heterocycles. The highest BCUT2D eigenvalue weighted by Gasteiger charge is 2.31. The number of carbonyl (C=O) groups excluding carboxylic acids is 1. The molecule has 0 fully saturated rings. The molecule has 2 rings (SSSR count). The molecule has 1 unspecified atom stereocenters. The van der Waals surface area contributed by atoms with E-state index in [9.17, 15) is 18.0 Å². The van der Waals surface area contributed by atoms with Gasteiger partial charge >= 0.3 is 6.36 Å². The molecule has 0 aliphatic rings. The second-order valence-electron chi connectivity index (χ2n) is 4.86. The molecule has 0 saturated heterocycles. The number of rotatable bonds is 8. The molecule has 0 radical (unpaired) electrons. The monoisotopic (exact) mass is 404 g/mol. The highest BCUT2D eigenvalue weighted by atomic mass is 32.2. The SMILES string of the molecule is C=CCNc1nnc(SC(C)C(=O)Nc2ccc(OC(F)(F)F)cc2)s1. The standard InChI is InChI=1S/C15H15F3N4O2S2/c1-3-8-19-13-21-22-14(26-13)25-9(2)12(23)20-10-4-6-11(7-5-10)24-15(16,17)18/h3-7,9H,1,8H2,2H3,(H,19,21)(H,20,23). The number of hydrogen-bond donors (Lipinski definition) is 2. The fraction of sp³-hybridized carbons (Fsp3) is 0.267. The summed E-state index contributed by atoms with van der Waals surface area (Å²) in [5.41, 5.74) is 0.363. The first-order valence-electron chi connectivity index (χ1n) is 7.28. The quantitative estimate of drug-likeness (QED) is 0.508. The summed E-state index contributed by atoms with van der Waals surface area (Å²) in [4.78, 5) is 12.2. The fourth-order valence-electron chi connectivity index (χ4n) is 1.68. The lowest BCUT2D eigenvalue weighted by molar-refractivity contribution is -0.274. The first-order valence-corrected chi connectivity index (χ1v) is 8.98. The van der Waals surface area contributed by atoms with E-state index in [0.717, 1.165) is 12.1 Å². The maximum atomic E-state index is 12.2. The van der Waals surface area contributed by atoms with Crippen LogP contribution in [0.25, 0.3) is 0 Å². The number of hydrogen-bond acceptors (Lipinski definition) is 7. The maximum absolute atomic E-state index is 12.2. The number of carbonyl (C=O) groups is 1. The number of thioether (sulfide) groups is 1. The number of anilines is 2. The minimum absolute atomic E-state index is 0.310. The van der Waals surface area contributed by atoms with Crippen molar-refractivity contribution in [3.8, 4) is 5.75 Å². The Kier molecular flexibility index (Phi) is 6.86. The van der Waals surface area contributed by atoms with Crippen LogP contribution in [0.3, 0.4) is 0 Å². The van der Waals surface area contributed by atoms with E-state index < -0.39 is 11.6 Å². The maximum Gasteiger partial charge on any atom is 0.573 e. The summed E-state index contributed by atoms with van der Waals surface area (Å²) in [6, 6.07) is 4.92. The van der Waals surface area contributed by atoms with Gasteiger partial charge < -0.3 is 15.4 Å². The second kappa shape index (κ2) is 8.90. The smallest absolute Gasteiger partial charge is 0.406 e. The molecule has 26 heavy (non-hydrogen) atoms. The number of alkyl halides is 3. The van der Waals surface area contributed by atoms with Crippen molar-refractivity contribution in [2.24, 2.45) is 0 Å². The molecule has 0 saturated carbocycles. The van der Waals surface area contributed by atoms with E-state index in [1.54, 1.807) is 13.0 Å². The molecule has 0 aliphatic carbocycles. The molecule has 140 valence electrons. The normalized spacial score (nSPS) is 12.3. The van der Waals surface area contributed by atoms with Crippen LogP contribution in [0.4, 0.5) is 24.0 Å². The van der Waals surface area contributed by atoms with Gasteiger partial charge in [-0.05, 0) is 31.2 Å². The number of nitrogens with one attached hydrogen (secondary N) is 2. The van der Waals surface area contributed by atoms with E-state index in [1.807, 2.05) is 0 Å². The Labute approximate surface area is 155 Å². The first-order chi connectivity index (χ1) is 12.3. The van der Waals surface area contributed by atoms with Crippen molar-refractivity contribution in [3.05, 3.63) is 36.9 Å². The molecular formula is C15H15F3N4O2S2. The molecule has 6 nitrogen and oxygen atoms in total. The molecule has 11 heteroatoms. The average molecular weight is 404 g/mol. The van der Waals surface area contributed by atoms with Crippen LogP contribution in [0.5, 0.6) is 5.75 Å². The third-order valence-electron chi connectivity index (χ3n) is 2.81. The molecule has 0 bridgehead atoms. The van der Waals surface area contributed by atoms with Crippen molar-refractivity contribution in [1.29, 1.82) is 0 Å². The van der Waals surface area contributed by atoms with Crippen LogP contribution in [0.1, 0.15) is 6.92 Å². The first kappa shape index (κ1) is 20.0. The lowest BCUT2D eigenvalue weighted by Crippen LogP contribution is -2.22. The molecule has 1 aromatic carbocycles. The number of ether oxygens (including phenoxy) is 1. The lowest BCUT2D eigenvalue weighted by Gasteiger charge is -2.12. The molecule has 2 aromatic rings. The van der Waals surface area contributed by atoms with Gasteiger partial charge in [-0.15, -0.1) is 29.9 Å². The van der Waals surface area contributed by atoms with Crippen LogP contribution >= 0.6 is 23.1 Å². The van der Waals surface area contributed by atoms with Crippen molar-refractivity contribution in [3.63, 3.8) is 0 Å². The van der Waals surface area contributed by atoms with Crippen LogP contribution in [0.15, 0.2) is 41.3 Å². The number of benzene rings is 1. The zero-order chi connectivity index (χ0) is 19.2. The second-order valence-corrected chi connectivity index (χ2v) is 7.43. The molecule has 1 amide bonds. The number of amides is 1.